The van der Waals surface area contributed by atoms with Crippen LogP contribution in [0.2, 0.25) is 0 Å². The molecule has 110 valence electrons. The summed E-state index contributed by atoms with van der Waals surface area (Å²) >= 11 is 0. The fourth-order valence-corrected chi connectivity index (χ4v) is 1.54. The first-order chi connectivity index (χ1) is 10.1. The monoisotopic (exact) mass is 290 g/mol. The molecule has 0 fully saturated rings. The lowest BCUT2D eigenvalue weighted by Gasteiger charge is -2.07. The lowest BCUT2D eigenvalue weighted by molar-refractivity contribution is 0.0690. The van der Waals surface area contributed by atoms with Crippen molar-refractivity contribution in [3.63, 3.8) is 0 Å². The van der Waals surface area contributed by atoms with Crippen LogP contribution in [0.1, 0.15) is 16.1 Å². The lowest BCUT2D eigenvalue weighted by atomic mass is 10.3. The van der Waals surface area contributed by atoms with Crippen LogP contribution in [0.25, 0.3) is 0 Å². The van der Waals surface area contributed by atoms with Gasteiger partial charge in [-0.25, -0.2) is 14.3 Å². The number of nitrogens with zero attached hydrogens (tertiary/aromatic N) is 4. The Balaban J connectivity index is 1.68. The van der Waals surface area contributed by atoms with Crippen LogP contribution in [0.3, 0.4) is 0 Å². The van der Waals surface area contributed by atoms with Crippen molar-refractivity contribution < 1.29 is 14.7 Å². The maximum absolute atomic E-state index is 11.5. The second-order valence-electron chi connectivity index (χ2n) is 4.14. The first-order valence-electron chi connectivity index (χ1n) is 6.19. The van der Waals surface area contributed by atoms with Crippen LogP contribution in [0.4, 0.5) is 4.79 Å². The highest BCUT2D eigenvalue weighted by Gasteiger charge is 2.08. The molecule has 0 saturated heterocycles. The van der Waals surface area contributed by atoms with Gasteiger partial charge >= 0.3 is 12.0 Å². The van der Waals surface area contributed by atoms with Crippen LogP contribution < -0.4 is 10.6 Å². The van der Waals surface area contributed by atoms with Crippen LogP contribution in [0, 0.1) is 0 Å². The van der Waals surface area contributed by atoms with Gasteiger partial charge in [-0.05, 0) is 11.6 Å². The van der Waals surface area contributed by atoms with Crippen LogP contribution >= 0.6 is 0 Å². The number of rotatable bonds is 6. The third-order valence-corrected chi connectivity index (χ3v) is 2.56. The van der Waals surface area contributed by atoms with E-state index in [4.69, 9.17) is 5.11 Å². The average Bonchev–Trinajstić information content (AvgIpc) is 2.95. The van der Waals surface area contributed by atoms with E-state index in [1.54, 1.807) is 18.5 Å². The van der Waals surface area contributed by atoms with Crippen LogP contribution in [0.5, 0.6) is 0 Å². The number of hydrogen-bond acceptors (Lipinski definition) is 5. The summed E-state index contributed by atoms with van der Waals surface area (Å²) in [5.74, 6) is -1.14. The Kier molecular flexibility index (Phi) is 4.80. The predicted octanol–water partition coefficient (Wildman–Crippen LogP) is -0.129. The summed E-state index contributed by atoms with van der Waals surface area (Å²) in [5.41, 5.74) is 0.769. The van der Waals surface area contributed by atoms with Gasteiger partial charge in [0, 0.05) is 25.5 Å². The average molecular weight is 290 g/mol. The molecule has 9 heteroatoms. The van der Waals surface area contributed by atoms with Crippen molar-refractivity contribution in [2.75, 3.05) is 6.54 Å². The predicted molar refractivity (Wildman–Crippen MR) is 71.5 cm³/mol. The number of carboxylic acids is 1. The molecule has 0 bridgehead atoms. The van der Waals surface area contributed by atoms with E-state index < -0.39 is 5.97 Å². The van der Waals surface area contributed by atoms with E-state index in [2.05, 4.69) is 25.9 Å². The maximum Gasteiger partial charge on any atom is 0.358 e. The number of aromatic nitrogens is 4. The zero-order valence-electron chi connectivity index (χ0n) is 11.1. The van der Waals surface area contributed by atoms with Crippen molar-refractivity contribution in [3.05, 3.63) is 42.0 Å². The third kappa shape index (κ3) is 4.56. The number of carbonyl (C=O) groups excluding carboxylic acids is 1. The molecule has 2 aromatic rings. The summed E-state index contributed by atoms with van der Waals surface area (Å²) in [6, 6.07) is 3.33. The van der Waals surface area contributed by atoms with Crippen molar-refractivity contribution >= 4 is 12.0 Å². The van der Waals surface area contributed by atoms with E-state index >= 15 is 0 Å². The van der Waals surface area contributed by atoms with Gasteiger partial charge in [-0.1, -0.05) is 11.3 Å². The number of hydrogen-bond donors (Lipinski definition) is 3. The zero-order chi connectivity index (χ0) is 15.1. The molecule has 0 aromatic carbocycles. The molecule has 0 atom stereocenters. The van der Waals surface area contributed by atoms with Crippen molar-refractivity contribution in [1.82, 2.24) is 30.6 Å². The number of pyridine rings is 1. The fraction of sp³-hybridized carbons (Fsp3) is 0.250. The summed E-state index contributed by atoms with van der Waals surface area (Å²) in [6.45, 7) is 1.02. The van der Waals surface area contributed by atoms with Crippen molar-refractivity contribution in [1.29, 1.82) is 0 Å². The molecule has 9 nitrogen and oxygen atoms in total. The van der Waals surface area contributed by atoms with Crippen molar-refractivity contribution in [3.8, 4) is 0 Å². The van der Waals surface area contributed by atoms with E-state index in [-0.39, 0.29) is 11.7 Å². The molecule has 3 N–H and O–H groups in total. The molecule has 2 amide bonds. The normalized spacial score (nSPS) is 10.1. The summed E-state index contributed by atoms with van der Waals surface area (Å²) in [5, 5.41) is 21.1. The molecule has 2 heterocycles. The van der Waals surface area contributed by atoms with Gasteiger partial charge in [-0.3, -0.25) is 4.98 Å². The molecule has 0 spiro atoms. The largest absolute Gasteiger partial charge is 0.476 e. The highest BCUT2D eigenvalue weighted by molar-refractivity contribution is 5.84. The van der Waals surface area contributed by atoms with Gasteiger partial charge in [-0.2, -0.15) is 0 Å². The van der Waals surface area contributed by atoms with Crippen molar-refractivity contribution in [2.45, 2.75) is 13.1 Å². The Labute approximate surface area is 120 Å². The Morgan fingerprint density at radius 1 is 1.33 bits per heavy atom. The SMILES string of the molecule is O=C(NCCn1cc(C(=O)O)nn1)NCc1cccnc1. The van der Waals surface area contributed by atoms with E-state index in [9.17, 15) is 9.59 Å². The van der Waals surface area contributed by atoms with Gasteiger partial charge in [-0.15, -0.1) is 5.10 Å². The second kappa shape index (κ2) is 6.98. The Morgan fingerprint density at radius 2 is 2.19 bits per heavy atom. The molecular formula is C12H14N6O3. The first kappa shape index (κ1) is 14.4. The summed E-state index contributed by atoms with van der Waals surface area (Å²) in [4.78, 5) is 26.1. The molecular weight excluding hydrogens is 276 g/mol. The number of urea groups is 1. The minimum atomic E-state index is -1.14. The Bertz CT molecular complexity index is 612. The number of carboxylic acid groups (broad SMARTS) is 1. The van der Waals surface area contributed by atoms with Gasteiger partial charge in [0.05, 0.1) is 12.7 Å². The molecule has 2 aromatic heterocycles. The zero-order valence-corrected chi connectivity index (χ0v) is 11.1. The minimum absolute atomic E-state index is 0.129. The van der Waals surface area contributed by atoms with Gasteiger partial charge in [0.1, 0.15) is 0 Å². The summed E-state index contributed by atoms with van der Waals surface area (Å²) < 4.78 is 1.35. The smallest absolute Gasteiger partial charge is 0.358 e. The molecule has 0 aliphatic heterocycles. The molecule has 0 radical (unpaired) electrons. The fourth-order valence-electron chi connectivity index (χ4n) is 1.54. The quantitative estimate of drug-likeness (QED) is 0.681. The van der Waals surface area contributed by atoms with Crippen LogP contribution in [0.15, 0.2) is 30.7 Å². The van der Waals surface area contributed by atoms with Gasteiger partial charge in [0.25, 0.3) is 0 Å². The Morgan fingerprint density at radius 3 is 2.86 bits per heavy atom. The lowest BCUT2D eigenvalue weighted by Crippen LogP contribution is -2.36. The first-order valence-corrected chi connectivity index (χ1v) is 6.19. The molecule has 0 unspecified atom stereocenters. The van der Waals surface area contributed by atoms with Gasteiger partial charge < -0.3 is 15.7 Å². The van der Waals surface area contributed by atoms with Gasteiger partial charge in [0.2, 0.25) is 0 Å². The molecule has 2 rings (SSSR count). The number of carbonyl (C=O) groups is 2. The third-order valence-electron chi connectivity index (χ3n) is 2.56. The standard InChI is InChI=1S/C12H14N6O3/c19-11(20)10-8-18(17-16-10)5-4-14-12(21)15-7-9-2-1-3-13-6-9/h1-3,6,8H,4-5,7H2,(H,19,20)(H2,14,15,21). The van der Waals surface area contributed by atoms with Crippen LogP contribution in [-0.2, 0) is 13.1 Å². The molecule has 0 aliphatic rings. The number of aromatic carboxylic acids is 1. The summed E-state index contributed by atoms with van der Waals surface area (Å²) in [7, 11) is 0. The molecule has 21 heavy (non-hydrogen) atoms. The number of nitrogens with one attached hydrogen (secondary N) is 2. The topological polar surface area (TPSA) is 122 Å². The summed E-state index contributed by atoms with van der Waals surface area (Å²) in [6.07, 6.45) is 4.63. The highest BCUT2D eigenvalue weighted by atomic mass is 16.4. The van der Waals surface area contributed by atoms with E-state index in [1.165, 1.54) is 10.9 Å². The minimum Gasteiger partial charge on any atom is -0.476 e. The van der Waals surface area contributed by atoms with E-state index in [0.717, 1.165) is 5.56 Å². The second-order valence-corrected chi connectivity index (χ2v) is 4.14. The van der Waals surface area contributed by atoms with E-state index in [1.807, 2.05) is 6.07 Å². The highest BCUT2D eigenvalue weighted by Crippen LogP contribution is 1.94. The molecule has 0 saturated carbocycles. The van der Waals surface area contributed by atoms with E-state index in [0.29, 0.717) is 19.6 Å². The number of amides is 2. The van der Waals surface area contributed by atoms with Crippen molar-refractivity contribution in [2.24, 2.45) is 0 Å². The van der Waals surface area contributed by atoms with Gasteiger partial charge in [0.15, 0.2) is 5.69 Å². The maximum atomic E-state index is 11.5. The van der Waals surface area contributed by atoms with Crippen LogP contribution in [-0.4, -0.2) is 43.6 Å². The Hall–Kier alpha value is -2.97. The molecule has 0 aliphatic carbocycles.